The predicted molar refractivity (Wildman–Crippen MR) is 126 cm³/mol. The minimum Gasteiger partial charge on any atom is -0.481 e. The van der Waals surface area contributed by atoms with Gasteiger partial charge in [0.15, 0.2) is 0 Å². The van der Waals surface area contributed by atoms with Crippen molar-refractivity contribution in [3.05, 3.63) is 71.2 Å². The summed E-state index contributed by atoms with van der Waals surface area (Å²) in [6.07, 6.45) is 2.73. The van der Waals surface area contributed by atoms with E-state index in [-0.39, 0.29) is 11.8 Å². The van der Waals surface area contributed by atoms with E-state index in [1.165, 1.54) is 11.1 Å². The van der Waals surface area contributed by atoms with Gasteiger partial charge in [-0.15, -0.1) is 11.3 Å². The van der Waals surface area contributed by atoms with Crippen molar-refractivity contribution in [1.29, 1.82) is 0 Å². The average Bonchev–Trinajstić information content (AvgIpc) is 3.50. The van der Waals surface area contributed by atoms with Crippen molar-refractivity contribution >= 4 is 23.2 Å². The molecule has 1 aromatic carbocycles. The lowest BCUT2D eigenvalue weighted by molar-refractivity contribution is -0.130. The van der Waals surface area contributed by atoms with Crippen LogP contribution in [0.5, 0.6) is 5.88 Å². The molecule has 0 bridgehead atoms. The standard InChI is InChI=1S/C25H27N3O3S/c1-3-26-24(30)25(15-18-6-4-7-19(14-18)21-8-5-13-32-21)11-12-28(17-25)23(29)20-9-10-22(31-2)27-16-20/h4-10,13-14,16H,3,11-12,15,17H2,1-2H3,(H,26,30)/t25-/m1/s1. The number of amides is 2. The first-order valence-corrected chi connectivity index (χ1v) is 11.6. The van der Waals surface area contributed by atoms with E-state index in [1.54, 1.807) is 35.5 Å². The number of thiophene rings is 1. The number of carbonyl (C=O) groups is 2. The van der Waals surface area contributed by atoms with Gasteiger partial charge in [0.05, 0.1) is 18.1 Å². The molecule has 3 heterocycles. The van der Waals surface area contributed by atoms with Gasteiger partial charge in [-0.25, -0.2) is 4.98 Å². The number of carbonyl (C=O) groups excluding carboxylic acids is 2. The number of methoxy groups -OCH3 is 1. The van der Waals surface area contributed by atoms with E-state index in [2.05, 4.69) is 39.9 Å². The first-order valence-electron chi connectivity index (χ1n) is 10.7. The Morgan fingerprint density at radius 2 is 2.09 bits per heavy atom. The van der Waals surface area contributed by atoms with Gasteiger partial charge in [-0.2, -0.15) is 0 Å². The average molecular weight is 450 g/mol. The minimum absolute atomic E-state index is 0.00434. The number of aromatic nitrogens is 1. The van der Waals surface area contributed by atoms with Gasteiger partial charge in [-0.1, -0.05) is 30.3 Å². The lowest BCUT2D eigenvalue weighted by atomic mass is 9.79. The predicted octanol–water partition coefficient (Wildman–Crippen LogP) is 4.03. The number of nitrogens with zero attached hydrogens (tertiary/aromatic N) is 2. The fourth-order valence-corrected chi connectivity index (χ4v) is 5.01. The van der Waals surface area contributed by atoms with Gasteiger partial charge >= 0.3 is 0 Å². The quantitative estimate of drug-likeness (QED) is 0.591. The highest BCUT2D eigenvalue weighted by Crippen LogP contribution is 2.36. The minimum atomic E-state index is -0.653. The summed E-state index contributed by atoms with van der Waals surface area (Å²) in [6, 6.07) is 15.9. The first kappa shape index (κ1) is 22.0. The van der Waals surface area contributed by atoms with E-state index in [0.717, 1.165) is 11.1 Å². The van der Waals surface area contributed by atoms with Crippen LogP contribution in [0.2, 0.25) is 0 Å². The Balaban J connectivity index is 1.57. The molecule has 1 fully saturated rings. The summed E-state index contributed by atoms with van der Waals surface area (Å²) >= 11 is 1.70. The molecule has 0 radical (unpaired) electrons. The maximum absolute atomic E-state index is 13.2. The van der Waals surface area contributed by atoms with Crippen LogP contribution in [0.3, 0.4) is 0 Å². The number of ether oxygens (including phenoxy) is 1. The molecule has 1 saturated heterocycles. The third-order valence-electron chi connectivity index (χ3n) is 5.93. The van der Waals surface area contributed by atoms with Gasteiger partial charge in [-0.3, -0.25) is 9.59 Å². The van der Waals surface area contributed by atoms with Crippen LogP contribution in [0.1, 0.15) is 29.3 Å². The number of hydrogen-bond acceptors (Lipinski definition) is 5. The van der Waals surface area contributed by atoms with Crippen LogP contribution in [0.15, 0.2) is 60.1 Å². The smallest absolute Gasteiger partial charge is 0.255 e. The second-order valence-electron chi connectivity index (χ2n) is 8.06. The Labute approximate surface area is 192 Å². The Morgan fingerprint density at radius 3 is 2.78 bits per heavy atom. The normalized spacial score (nSPS) is 17.9. The molecule has 0 saturated carbocycles. The summed E-state index contributed by atoms with van der Waals surface area (Å²) in [6.45, 7) is 3.40. The lowest BCUT2D eigenvalue weighted by Gasteiger charge is -2.28. The van der Waals surface area contributed by atoms with Gasteiger partial charge < -0.3 is 15.0 Å². The number of likely N-dealkylation sites (tertiary alicyclic amines) is 1. The highest BCUT2D eigenvalue weighted by atomic mass is 32.1. The summed E-state index contributed by atoms with van der Waals surface area (Å²) in [5.74, 6) is 0.355. The highest BCUT2D eigenvalue weighted by molar-refractivity contribution is 7.13. The molecule has 2 aromatic heterocycles. The zero-order valence-corrected chi connectivity index (χ0v) is 19.2. The third kappa shape index (κ3) is 4.53. The molecule has 6 nitrogen and oxygen atoms in total. The van der Waals surface area contributed by atoms with Crippen molar-refractivity contribution in [1.82, 2.24) is 15.2 Å². The largest absolute Gasteiger partial charge is 0.481 e. The van der Waals surface area contributed by atoms with E-state index in [0.29, 0.717) is 43.9 Å². The lowest BCUT2D eigenvalue weighted by Crippen LogP contribution is -2.45. The zero-order chi connectivity index (χ0) is 22.6. The molecule has 166 valence electrons. The van der Waals surface area contributed by atoms with E-state index in [9.17, 15) is 9.59 Å². The maximum atomic E-state index is 13.2. The number of nitrogens with one attached hydrogen (secondary N) is 1. The zero-order valence-electron chi connectivity index (χ0n) is 18.3. The molecule has 4 rings (SSSR count). The maximum Gasteiger partial charge on any atom is 0.255 e. The second kappa shape index (κ2) is 9.53. The summed E-state index contributed by atoms with van der Waals surface area (Å²) in [7, 11) is 1.54. The second-order valence-corrected chi connectivity index (χ2v) is 9.01. The van der Waals surface area contributed by atoms with Crippen molar-refractivity contribution in [3.8, 4) is 16.3 Å². The van der Waals surface area contributed by atoms with Gasteiger partial charge in [0.1, 0.15) is 0 Å². The summed E-state index contributed by atoms with van der Waals surface area (Å²) in [4.78, 5) is 33.4. The van der Waals surface area contributed by atoms with Crippen LogP contribution in [-0.2, 0) is 11.2 Å². The van der Waals surface area contributed by atoms with Gasteiger partial charge in [0, 0.05) is 36.8 Å². The molecule has 1 aliphatic rings. The fraction of sp³-hybridized carbons (Fsp3) is 0.320. The topological polar surface area (TPSA) is 71.5 Å². The van der Waals surface area contributed by atoms with Crippen LogP contribution >= 0.6 is 11.3 Å². The fourth-order valence-electron chi connectivity index (χ4n) is 4.28. The highest BCUT2D eigenvalue weighted by Gasteiger charge is 2.46. The first-order chi connectivity index (χ1) is 15.5. The molecular weight excluding hydrogens is 422 g/mol. The molecule has 1 atom stereocenters. The van der Waals surface area contributed by atoms with Crippen LogP contribution < -0.4 is 10.1 Å². The van der Waals surface area contributed by atoms with Crippen molar-refractivity contribution in [2.24, 2.45) is 5.41 Å². The number of hydrogen-bond donors (Lipinski definition) is 1. The summed E-state index contributed by atoms with van der Waals surface area (Å²) < 4.78 is 5.08. The molecule has 0 unspecified atom stereocenters. The molecule has 7 heteroatoms. The molecule has 0 spiro atoms. The Kier molecular flexibility index (Phi) is 6.55. The molecular formula is C25H27N3O3S. The number of rotatable bonds is 7. The SMILES string of the molecule is CCNC(=O)[C@@]1(Cc2cccc(-c3cccs3)c2)CCN(C(=O)c2ccc(OC)nc2)C1. The van der Waals surface area contributed by atoms with Crippen molar-refractivity contribution < 1.29 is 14.3 Å². The monoisotopic (exact) mass is 449 g/mol. The molecule has 0 aliphatic carbocycles. The van der Waals surface area contributed by atoms with Gasteiger partial charge in [0.25, 0.3) is 5.91 Å². The number of benzene rings is 1. The van der Waals surface area contributed by atoms with Crippen LogP contribution in [-0.4, -0.2) is 48.4 Å². The van der Waals surface area contributed by atoms with Crippen molar-refractivity contribution in [3.63, 3.8) is 0 Å². The Bertz CT molecular complexity index is 1080. The van der Waals surface area contributed by atoms with E-state index < -0.39 is 5.41 Å². The van der Waals surface area contributed by atoms with Crippen LogP contribution in [0.4, 0.5) is 0 Å². The van der Waals surface area contributed by atoms with Gasteiger partial charge in [0.2, 0.25) is 11.8 Å². The molecule has 3 aromatic rings. The molecule has 1 aliphatic heterocycles. The van der Waals surface area contributed by atoms with Crippen molar-refractivity contribution in [2.75, 3.05) is 26.7 Å². The Hall–Kier alpha value is -3.19. The Morgan fingerprint density at radius 1 is 1.22 bits per heavy atom. The summed E-state index contributed by atoms with van der Waals surface area (Å²) in [5, 5.41) is 5.06. The van der Waals surface area contributed by atoms with E-state index >= 15 is 0 Å². The molecule has 1 N–H and O–H groups in total. The van der Waals surface area contributed by atoms with E-state index in [1.807, 2.05) is 19.1 Å². The van der Waals surface area contributed by atoms with Gasteiger partial charge in [-0.05, 0) is 48.4 Å². The molecule has 32 heavy (non-hydrogen) atoms. The summed E-state index contributed by atoms with van der Waals surface area (Å²) in [5.41, 5.74) is 2.10. The molecule has 2 amide bonds. The van der Waals surface area contributed by atoms with Crippen molar-refractivity contribution in [2.45, 2.75) is 19.8 Å². The third-order valence-corrected chi connectivity index (χ3v) is 6.85. The van der Waals surface area contributed by atoms with Crippen LogP contribution in [0.25, 0.3) is 10.4 Å². The number of pyridine rings is 1. The van der Waals surface area contributed by atoms with E-state index in [4.69, 9.17) is 4.74 Å². The van der Waals surface area contributed by atoms with Crippen LogP contribution in [0, 0.1) is 5.41 Å².